The SMILES string of the molecule is O=C([O-])C(O)C(O)C(=O)[O-].[O]=[V+2]. The van der Waals surface area contributed by atoms with Gasteiger partial charge in [0.1, 0.15) is 12.2 Å². The second-order valence-corrected chi connectivity index (χ2v) is 1.53. The van der Waals surface area contributed by atoms with Crippen LogP contribution < -0.4 is 10.2 Å². The van der Waals surface area contributed by atoms with Gasteiger partial charge in [-0.2, -0.15) is 0 Å². The molecule has 0 aliphatic heterocycles. The molecule has 12 heavy (non-hydrogen) atoms. The summed E-state index contributed by atoms with van der Waals surface area (Å²) >= 11 is 1.06. The van der Waals surface area contributed by atoms with Gasteiger partial charge in [-0.15, -0.1) is 0 Å². The van der Waals surface area contributed by atoms with Crippen molar-refractivity contribution in [2.24, 2.45) is 0 Å². The molecule has 0 rings (SSSR count). The van der Waals surface area contributed by atoms with Gasteiger partial charge < -0.3 is 30.0 Å². The van der Waals surface area contributed by atoms with Crippen LogP contribution in [0.3, 0.4) is 0 Å². The Bertz CT molecular complexity index is 151. The van der Waals surface area contributed by atoms with Crippen LogP contribution in [0.2, 0.25) is 0 Å². The van der Waals surface area contributed by atoms with Gasteiger partial charge in [0, 0.05) is 0 Å². The summed E-state index contributed by atoms with van der Waals surface area (Å²) in [5, 5.41) is 35.7. The molecule has 0 aliphatic rings. The number of aliphatic hydroxyl groups is 2. The Hall–Kier alpha value is -0.756. The van der Waals surface area contributed by atoms with Crippen molar-refractivity contribution in [3.05, 3.63) is 0 Å². The minimum absolute atomic E-state index is 1.06. The average Bonchev–Trinajstić information content (AvgIpc) is 2.05. The molecular weight excluding hydrogens is 211 g/mol. The zero-order valence-corrected chi connectivity index (χ0v) is 6.93. The van der Waals surface area contributed by atoms with Crippen molar-refractivity contribution in [2.45, 2.75) is 12.2 Å². The van der Waals surface area contributed by atoms with Crippen molar-refractivity contribution in [2.75, 3.05) is 0 Å². The monoisotopic (exact) mass is 215 g/mol. The van der Waals surface area contributed by atoms with Crippen molar-refractivity contribution in [3.63, 3.8) is 0 Å². The Balaban J connectivity index is 0. The molecule has 0 amide bonds. The van der Waals surface area contributed by atoms with Crippen LogP contribution in [0.5, 0.6) is 0 Å². The van der Waals surface area contributed by atoms with Gasteiger partial charge in [0.25, 0.3) is 0 Å². The van der Waals surface area contributed by atoms with Crippen LogP contribution in [0.4, 0.5) is 0 Å². The first-order valence-electron chi connectivity index (χ1n) is 2.43. The summed E-state index contributed by atoms with van der Waals surface area (Å²) in [6, 6.07) is 0. The maximum atomic E-state index is 9.63. The van der Waals surface area contributed by atoms with E-state index in [-0.39, 0.29) is 0 Å². The van der Waals surface area contributed by atoms with Gasteiger partial charge in [0.2, 0.25) is 0 Å². The third-order valence-corrected chi connectivity index (χ3v) is 0.782. The molecule has 7 nitrogen and oxygen atoms in total. The summed E-state index contributed by atoms with van der Waals surface area (Å²) < 4.78 is 8.19. The Morgan fingerprint density at radius 2 is 1.17 bits per heavy atom. The van der Waals surface area contributed by atoms with E-state index in [4.69, 9.17) is 13.9 Å². The molecule has 0 aromatic rings. The van der Waals surface area contributed by atoms with Gasteiger partial charge in [0.15, 0.2) is 0 Å². The van der Waals surface area contributed by atoms with Gasteiger partial charge in [-0.1, -0.05) is 0 Å². The fraction of sp³-hybridized carbons (Fsp3) is 0.500. The van der Waals surface area contributed by atoms with E-state index in [9.17, 15) is 19.8 Å². The number of hydrogen-bond acceptors (Lipinski definition) is 7. The third kappa shape index (κ3) is 4.97. The number of aliphatic hydroxyl groups excluding tert-OH is 2. The van der Waals surface area contributed by atoms with Crippen LogP contribution >= 0.6 is 0 Å². The average molecular weight is 215 g/mol. The Morgan fingerprint density at radius 1 is 1.00 bits per heavy atom. The zero-order valence-electron chi connectivity index (χ0n) is 5.54. The van der Waals surface area contributed by atoms with Gasteiger partial charge >= 0.3 is 21.0 Å². The minimum atomic E-state index is -2.44. The van der Waals surface area contributed by atoms with E-state index in [1.807, 2.05) is 0 Å². The number of aliphatic carboxylic acids is 2. The molecule has 0 aromatic carbocycles. The van der Waals surface area contributed by atoms with Crippen molar-refractivity contribution < 1.29 is 51.1 Å². The number of carbonyl (C=O) groups is 2. The molecule has 0 heterocycles. The summed E-state index contributed by atoms with van der Waals surface area (Å²) in [6.07, 6.45) is -4.88. The molecule has 0 saturated heterocycles. The number of rotatable bonds is 3. The summed E-state index contributed by atoms with van der Waals surface area (Å²) in [7, 11) is 0. The molecule has 0 saturated carbocycles. The Labute approximate surface area is 75.8 Å². The van der Waals surface area contributed by atoms with Crippen molar-refractivity contribution in [1.82, 2.24) is 0 Å². The standard InChI is InChI=1S/C4H6O6.O.V/c5-1(3(7)8)2(6)4(9)10;;/h1-2,5-6H,(H,7,8)(H,9,10);;/q;;+2/p-2. The number of carbonyl (C=O) groups excluding carboxylic acids is 2. The number of carboxylic acid groups (broad SMARTS) is 2. The normalized spacial score (nSPS) is 13.7. The van der Waals surface area contributed by atoms with Crippen LogP contribution in [-0.2, 0) is 30.6 Å². The second kappa shape index (κ2) is 6.92. The first-order chi connectivity index (χ1) is 5.46. The third-order valence-electron chi connectivity index (χ3n) is 0.782. The molecule has 2 atom stereocenters. The van der Waals surface area contributed by atoms with E-state index >= 15 is 0 Å². The maximum absolute atomic E-state index is 9.63. The van der Waals surface area contributed by atoms with E-state index in [1.165, 1.54) is 0 Å². The van der Waals surface area contributed by atoms with Crippen molar-refractivity contribution in [3.8, 4) is 0 Å². The topological polar surface area (TPSA) is 138 Å². The summed E-state index contributed by atoms with van der Waals surface area (Å²) in [5.41, 5.74) is 0. The van der Waals surface area contributed by atoms with Gasteiger partial charge in [-0.25, -0.2) is 0 Å². The summed E-state index contributed by atoms with van der Waals surface area (Å²) in [6.45, 7) is 0. The molecule has 0 radical (unpaired) electrons. The second-order valence-electron chi connectivity index (χ2n) is 1.53. The fourth-order valence-electron chi connectivity index (χ4n) is 0.258. The molecule has 67 valence electrons. The molecule has 8 heteroatoms. The number of hydrogen-bond donors (Lipinski definition) is 2. The molecule has 0 fully saturated rings. The van der Waals surface area contributed by atoms with Crippen LogP contribution in [0, 0.1) is 0 Å². The van der Waals surface area contributed by atoms with E-state index in [0.717, 1.165) is 17.4 Å². The molecule has 0 aromatic heterocycles. The predicted molar refractivity (Wildman–Crippen MR) is 22.7 cm³/mol. The van der Waals surface area contributed by atoms with Crippen molar-refractivity contribution >= 4 is 11.9 Å². The van der Waals surface area contributed by atoms with E-state index in [0.29, 0.717) is 0 Å². The quantitative estimate of drug-likeness (QED) is 0.480. The molecular formula is C4H4O7V. The zero-order chi connectivity index (χ0) is 10.3. The van der Waals surface area contributed by atoms with Crippen LogP contribution in [0.1, 0.15) is 0 Å². The van der Waals surface area contributed by atoms with E-state index in [2.05, 4.69) is 0 Å². The van der Waals surface area contributed by atoms with E-state index in [1.54, 1.807) is 0 Å². The van der Waals surface area contributed by atoms with Crippen LogP contribution in [0.25, 0.3) is 0 Å². The number of carboxylic acids is 2. The van der Waals surface area contributed by atoms with Crippen LogP contribution in [0.15, 0.2) is 0 Å². The predicted octanol–water partition coefficient (Wildman–Crippen LogP) is -4.91. The Kier molecular flexibility index (Phi) is 7.97. The fourth-order valence-corrected chi connectivity index (χ4v) is 0.258. The molecule has 2 unspecified atom stereocenters. The Morgan fingerprint density at radius 3 is 1.25 bits per heavy atom. The van der Waals surface area contributed by atoms with Gasteiger partial charge in [-0.3, -0.25) is 0 Å². The molecule has 0 spiro atoms. The molecule has 0 bridgehead atoms. The summed E-state index contributed by atoms with van der Waals surface area (Å²) in [5.74, 6) is -4.12. The summed E-state index contributed by atoms with van der Waals surface area (Å²) in [4.78, 5) is 19.3. The van der Waals surface area contributed by atoms with Gasteiger partial charge in [0.05, 0.1) is 11.9 Å². The van der Waals surface area contributed by atoms with Crippen molar-refractivity contribution in [1.29, 1.82) is 0 Å². The molecule has 2 N–H and O–H groups in total. The van der Waals surface area contributed by atoms with Gasteiger partial charge in [-0.05, 0) is 0 Å². The molecule has 0 aliphatic carbocycles. The van der Waals surface area contributed by atoms with Crippen LogP contribution in [-0.4, -0.2) is 34.4 Å². The first-order valence-corrected chi connectivity index (χ1v) is 3.00. The first kappa shape index (κ1) is 13.8. The van der Waals surface area contributed by atoms with E-state index < -0.39 is 24.1 Å².